The van der Waals surface area contributed by atoms with Gasteiger partial charge in [-0.2, -0.15) is 5.26 Å². The van der Waals surface area contributed by atoms with E-state index in [2.05, 4.69) is 0 Å². The predicted molar refractivity (Wildman–Crippen MR) is 100.0 cm³/mol. The van der Waals surface area contributed by atoms with Crippen LogP contribution in [0.25, 0.3) is 0 Å². The van der Waals surface area contributed by atoms with Gasteiger partial charge in [0.15, 0.2) is 14.6 Å². The summed E-state index contributed by atoms with van der Waals surface area (Å²) in [6.07, 6.45) is 0. The maximum Gasteiger partial charge on any atom is 0.199 e. The van der Waals surface area contributed by atoms with Crippen molar-refractivity contribution in [2.75, 3.05) is 0 Å². The van der Waals surface area contributed by atoms with Crippen LogP contribution in [0.15, 0.2) is 59.5 Å². The Balaban J connectivity index is 2.35. The van der Waals surface area contributed by atoms with Gasteiger partial charge in [0, 0.05) is 10.9 Å². The zero-order valence-electron chi connectivity index (χ0n) is 14.6. The monoisotopic (exact) mass is 401 g/mol. The second-order valence-electron chi connectivity index (χ2n) is 6.57. The Morgan fingerprint density at radius 3 is 1.96 bits per heavy atom. The van der Waals surface area contributed by atoms with Gasteiger partial charge >= 0.3 is 0 Å². The number of Topliss-reactive ketones (excluding diaryl/α,β-unsaturated/α-hetero) is 2. The second kappa shape index (κ2) is 6.29. The van der Waals surface area contributed by atoms with E-state index in [1.807, 2.05) is 6.07 Å². The van der Waals surface area contributed by atoms with Gasteiger partial charge in [-0.05, 0) is 43.7 Å². The molecule has 0 aliphatic heterocycles. The van der Waals surface area contributed by atoms with E-state index < -0.39 is 37.5 Å². The van der Waals surface area contributed by atoms with E-state index in [0.29, 0.717) is 10.6 Å². The van der Waals surface area contributed by atoms with Crippen LogP contribution >= 0.6 is 11.6 Å². The molecule has 2 aromatic carbocycles. The topological polar surface area (TPSA) is 92.1 Å². The summed E-state index contributed by atoms with van der Waals surface area (Å²) in [6.45, 7) is 2.31. The first-order valence-corrected chi connectivity index (χ1v) is 10.0. The molecule has 0 saturated heterocycles. The van der Waals surface area contributed by atoms with Crippen LogP contribution in [-0.2, 0) is 19.4 Å². The smallest absolute Gasteiger partial charge is 0.199 e. The summed E-state index contributed by atoms with van der Waals surface area (Å²) in [6, 6.07) is 15.4. The van der Waals surface area contributed by atoms with Gasteiger partial charge in [-0.25, -0.2) is 8.42 Å². The van der Waals surface area contributed by atoms with Gasteiger partial charge in [0.1, 0.15) is 17.0 Å². The lowest BCUT2D eigenvalue weighted by Crippen LogP contribution is -2.37. The van der Waals surface area contributed by atoms with Gasteiger partial charge in [0.2, 0.25) is 0 Å². The molecule has 7 heteroatoms. The molecule has 1 aliphatic rings. The van der Waals surface area contributed by atoms with Crippen molar-refractivity contribution in [2.45, 2.75) is 29.4 Å². The molecular weight excluding hydrogens is 386 g/mol. The lowest BCUT2D eigenvalue weighted by molar-refractivity contribution is -0.132. The van der Waals surface area contributed by atoms with Gasteiger partial charge in [-0.3, -0.25) is 9.59 Å². The number of nitriles is 1. The van der Waals surface area contributed by atoms with Crippen molar-refractivity contribution in [1.82, 2.24) is 0 Å². The summed E-state index contributed by atoms with van der Waals surface area (Å²) in [5.41, 5.74) is -1.55. The molecule has 0 aromatic heterocycles. The number of carbonyl (C=O) groups excluding carboxylic acids is 2. The quantitative estimate of drug-likeness (QED) is 0.716. The van der Waals surface area contributed by atoms with E-state index in [9.17, 15) is 23.3 Å². The van der Waals surface area contributed by atoms with E-state index in [0.717, 1.165) is 13.8 Å². The molecule has 0 bridgehead atoms. The number of benzene rings is 2. The number of ketones is 2. The van der Waals surface area contributed by atoms with Crippen LogP contribution in [0.1, 0.15) is 25.3 Å². The molecule has 0 heterocycles. The third-order valence-electron chi connectivity index (χ3n) is 5.30. The molecule has 1 fully saturated rings. The first-order chi connectivity index (χ1) is 12.7. The van der Waals surface area contributed by atoms with Crippen molar-refractivity contribution in [3.63, 3.8) is 0 Å². The summed E-state index contributed by atoms with van der Waals surface area (Å²) in [5, 5.41) is 10.4. The van der Waals surface area contributed by atoms with Gasteiger partial charge in [-0.15, -0.1) is 0 Å². The fourth-order valence-electron chi connectivity index (χ4n) is 4.13. The lowest BCUT2D eigenvalue weighted by Gasteiger charge is -2.16. The zero-order chi connectivity index (χ0) is 20.0. The van der Waals surface area contributed by atoms with Gasteiger partial charge in [-0.1, -0.05) is 41.9 Å². The number of hydrogen-bond acceptors (Lipinski definition) is 5. The molecule has 1 aliphatic carbocycles. The average Bonchev–Trinajstić information content (AvgIpc) is 3.30. The third-order valence-corrected chi connectivity index (χ3v) is 7.94. The SMILES string of the molecule is CC(=O)C1(C(C)=O)C(c2ccc(Cl)cc2)C1(C#N)S(=O)(=O)c1ccccc1. The molecular formula is C20H16ClNO4S. The number of rotatable bonds is 5. The number of halogens is 1. The van der Waals surface area contributed by atoms with Crippen LogP contribution in [0, 0.1) is 16.7 Å². The summed E-state index contributed by atoms with van der Waals surface area (Å²) in [5.74, 6) is -2.39. The molecule has 3 rings (SSSR count). The molecule has 1 saturated carbocycles. The highest BCUT2D eigenvalue weighted by Crippen LogP contribution is 2.73. The normalized spacial score (nSPS) is 23.3. The van der Waals surface area contributed by atoms with Crippen LogP contribution in [0.4, 0.5) is 0 Å². The van der Waals surface area contributed by atoms with E-state index >= 15 is 0 Å². The van der Waals surface area contributed by atoms with Crippen molar-refractivity contribution in [3.8, 4) is 6.07 Å². The Labute approximate surface area is 162 Å². The van der Waals surface area contributed by atoms with Gasteiger partial charge in [0.05, 0.1) is 11.0 Å². The standard InChI is InChI=1S/C20H16ClNO4S/c1-13(23)20(14(2)24)18(15-8-10-16(21)11-9-15)19(20,12-22)27(25,26)17-6-4-3-5-7-17/h3-11,18H,1-2H3. The van der Waals surface area contributed by atoms with Crippen LogP contribution in [0.5, 0.6) is 0 Å². The van der Waals surface area contributed by atoms with Crippen molar-refractivity contribution in [3.05, 3.63) is 65.2 Å². The van der Waals surface area contributed by atoms with Crippen molar-refractivity contribution >= 4 is 33.0 Å². The zero-order valence-corrected chi connectivity index (χ0v) is 16.2. The summed E-state index contributed by atoms with van der Waals surface area (Å²) < 4.78 is 24.7. The Bertz CT molecular complexity index is 1060. The van der Waals surface area contributed by atoms with Crippen LogP contribution in [0.2, 0.25) is 5.02 Å². The van der Waals surface area contributed by atoms with Gasteiger partial charge < -0.3 is 0 Å². The molecule has 27 heavy (non-hydrogen) atoms. The first kappa shape index (κ1) is 19.3. The van der Waals surface area contributed by atoms with E-state index in [4.69, 9.17) is 11.6 Å². The highest BCUT2D eigenvalue weighted by molar-refractivity contribution is 7.93. The highest BCUT2D eigenvalue weighted by Gasteiger charge is 2.89. The third kappa shape index (κ3) is 2.32. The minimum absolute atomic E-state index is 0.102. The minimum Gasteiger partial charge on any atom is -0.299 e. The summed E-state index contributed by atoms with van der Waals surface area (Å²) in [7, 11) is -4.32. The molecule has 0 amide bonds. The summed E-state index contributed by atoms with van der Waals surface area (Å²) >= 11 is 5.91. The molecule has 2 unspecified atom stereocenters. The van der Waals surface area contributed by atoms with E-state index in [-0.39, 0.29) is 4.90 Å². The number of sulfone groups is 1. The molecule has 0 spiro atoms. The number of nitrogens with zero attached hydrogens (tertiary/aromatic N) is 1. The molecule has 5 nitrogen and oxygen atoms in total. The molecule has 2 aromatic rings. The Morgan fingerprint density at radius 2 is 1.52 bits per heavy atom. The first-order valence-electron chi connectivity index (χ1n) is 8.16. The highest BCUT2D eigenvalue weighted by atomic mass is 35.5. The Kier molecular flexibility index (Phi) is 4.49. The van der Waals surface area contributed by atoms with E-state index in [1.165, 1.54) is 36.4 Å². The average molecular weight is 402 g/mol. The largest absolute Gasteiger partial charge is 0.299 e. The molecule has 2 atom stereocenters. The lowest BCUT2D eigenvalue weighted by atomic mass is 9.90. The van der Waals surface area contributed by atoms with Crippen LogP contribution in [-0.4, -0.2) is 24.7 Å². The fourth-order valence-corrected chi connectivity index (χ4v) is 6.66. The second-order valence-corrected chi connectivity index (χ2v) is 9.13. The van der Waals surface area contributed by atoms with Gasteiger partial charge in [0.25, 0.3) is 0 Å². The summed E-state index contributed by atoms with van der Waals surface area (Å²) in [4.78, 5) is 25.1. The fraction of sp³-hybridized carbons (Fsp3) is 0.250. The number of hydrogen-bond donors (Lipinski definition) is 0. The van der Waals surface area contributed by atoms with Crippen molar-refractivity contribution < 1.29 is 18.0 Å². The molecule has 138 valence electrons. The minimum atomic E-state index is -4.32. The van der Waals surface area contributed by atoms with Crippen molar-refractivity contribution in [2.24, 2.45) is 5.41 Å². The van der Waals surface area contributed by atoms with Crippen LogP contribution < -0.4 is 0 Å². The van der Waals surface area contributed by atoms with Crippen LogP contribution in [0.3, 0.4) is 0 Å². The van der Waals surface area contributed by atoms with Crippen molar-refractivity contribution in [1.29, 1.82) is 5.26 Å². The molecule has 0 N–H and O–H groups in total. The Morgan fingerprint density at radius 1 is 1.00 bits per heavy atom. The maximum absolute atomic E-state index is 13.5. The molecule has 0 radical (unpaired) electrons. The number of carbonyl (C=O) groups is 2. The van der Waals surface area contributed by atoms with E-state index in [1.54, 1.807) is 18.2 Å². The maximum atomic E-state index is 13.5. The Hall–Kier alpha value is -2.49. The predicted octanol–water partition coefficient (Wildman–Crippen LogP) is 3.34.